The third kappa shape index (κ3) is 5.51. The van der Waals surface area contributed by atoms with Crippen molar-refractivity contribution in [3.63, 3.8) is 0 Å². The first kappa shape index (κ1) is 27.6. The molecule has 0 bridgehead atoms. The van der Waals surface area contributed by atoms with Gasteiger partial charge < -0.3 is 15.1 Å². The average molecular weight is 509 g/mol. The van der Waals surface area contributed by atoms with Gasteiger partial charge in [-0.1, -0.05) is 18.2 Å². The minimum Gasteiger partial charge on any atom is -0.370 e. The van der Waals surface area contributed by atoms with E-state index in [0.717, 1.165) is 17.8 Å². The van der Waals surface area contributed by atoms with Crippen LogP contribution in [0, 0.1) is 13.8 Å². The number of carbonyl (C=O) groups is 1. The van der Waals surface area contributed by atoms with Gasteiger partial charge in [-0.2, -0.15) is 0 Å². The van der Waals surface area contributed by atoms with E-state index >= 15 is 0 Å². The molecule has 0 saturated heterocycles. The summed E-state index contributed by atoms with van der Waals surface area (Å²) < 4.78 is 28.4. The second kappa shape index (κ2) is 11.2. The molecule has 186 valence electrons. The summed E-state index contributed by atoms with van der Waals surface area (Å²) in [5.41, 5.74) is 2.63. The Bertz CT molecular complexity index is 1260. The molecular weight excluding hydrogens is 476 g/mol. The lowest BCUT2D eigenvalue weighted by atomic mass is 10.1. The highest BCUT2D eigenvalue weighted by molar-refractivity contribution is 7.91. The van der Waals surface area contributed by atoms with Crippen LogP contribution in [0.4, 0.5) is 5.82 Å². The molecule has 0 unspecified atom stereocenters. The highest BCUT2D eigenvalue weighted by Crippen LogP contribution is 2.32. The van der Waals surface area contributed by atoms with Crippen LogP contribution in [-0.2, 0) is 21.1 Å². The molecule has 9 nitrogen and oxygen atoms in total. The van der Waals surface area contributed by atoms with E-state index in [1.165, 1.54) is 0 Å². The number of carbonyl (C=O) groups excluding carboxylic acids is 1. The molecule has 0 saturated carbocycles. The fourth-order valence-corrected chi connectivity index (χ4v) is 5.25. The van der Waals surface area contributed by atoms with Crippen molar-refractivity contribution in [2.24, 2.45) is 0 Å². The van der Waals surface area contributed by atoms with Crippen molar-refractivity contribution < 1.29 is 13.2 Å². The fraction of sp³-hybridized carbons (Fsp3) is 0.435. The summed E-state index contributed by atoms with van der Waals surface area (Å²) in [5, 5.41) is 7.40. The number of hydrogen-bond donors (Lipinski definition) is 1. The SMILES string of the molecule is CNc1nn2c(C)c(CCC(=O)N(C)CCN(C)C)c(C)nc2c1S(=O)(=O)c1ccccc1.Cl. The van der Waals surface area contributed by atoms with Crippen LogP contribution in [0.25, 0.3) is 5.65 Å². The summed E-state index contributed by atoms with van der Waals surface area (Å²) in [6.07, 6.45) is 0.843. The molecule has 3 rings (SSSR count). The molecule has 34 heavy (non-hydrogen) atoms. The summed E-state index contributed by atoms with van der Waals surface area (Å²) in [5.74, 6) is 0.296. The predicted octanol–water partition coefficient (Wildman–Crippen LogP) is 2.60. The number of hydrogen-bond acceptors (Lipinski definition) is 7. The van der Waals surface area contributed by atoms with Gasteiger partial charge >= 0.3 is 0 Å². The van der Waals surface area contributed by atoms with Crippen molar-refractivity contribution in [3.05, 3.63) is 47.3 Å². The third-order valence-electron chi connectivity index (χ3n) is 5.74. The number of benzene rings is 1. The van der Waals surface area contributed by atoms with Crippen molar-refractivity contribution in [2.45, 2.75) is 36.5 Å². The Balaban J connectivity index is 0.00000408. The van der Waals surface area contributed by atoms with E-state index in [1.54, 1.807) is 53.8 Å². The first-order valence-electron chi connectivity index (χ1n) is 10.8. The van der Waals surface area contributed by atoms with Crippen LogP contribution >= 0.6 is 12.4 Å². The van der Waals surface area contributed by atoms with Gasteiger partial charge in [-0.05, 0) is 52.1 Å². The number of nitrogens with zero attached hydrogens (tertiary/aromatic N) is 5. The van der Waals surface area contributed by atoms with Gasteiger partial charge in [0.1, 0.15) is 0 Å². The van der Waals surface area contributed by atoms with Crippen LogP contribution in [0.15, 0.2) is 40.1 Å². The molecule has 0 fully saturated rings. The molecule has 0 atom stereocenters. The largest absolute Gasteiger partial charge is 0.370 e. The molecule has 0 aliphatic carbocycles. The monoisotopic (exact) mass is 508 g/mol. The number of amides is 1. The summed E-state index contributed by atoms with van der Waals surface area (Å²) in [7, 11) is 3.55. The van der Waals surface area contributed by atoms with Crippen molar-refractivity contribution in [1.29, 1.82) is 0 Å². The first-order valence-corrected chi connectivity index (χ1v) is 12.3. The number of fused-ring (bicyclic) bond motifs is 1. The van der Waals surface area contributed by atoms with E-state index in [-0.39, 0.29) is 39.6 Å². The Morgan fingerprint density at radius 1 is 1.09 bits per heavy atom. The van der Waals surface area contributed by atoms with Crippen molar-refractivity contribution in [3.8, 4) is 0 Å². The Hall–Kier alpha value is -2.69. The Labute approximate surface area is 207 Å². The number of anilines is 1. The van der Waals surface area contributed by atoms with E-state index in [9.17, 15) is 13.2 Å². The van der Waals surface area contributed by atoms with E-state index in [1.807, 2.05) is 32.8 Å². The number of aryl methyl sites for hydroxylation is 2. The van der Waals surface area contributed by atoms with Crippen LogP contribution in [0.3, 0.4) is 0 Å². The highest BCUT2D eigenvalue weighted by Gasteiger charge is 2.29. The fourth-order valence-electron chi connectivity index (χ4n) is 3.73. The number of rotatable bonds is 9. The number of halogens is 1. The second-order valence-corrected chi connectivity index (χ2v) is 10.2. The molecule has 2 heterocycles. The first-order chi connectivity index (χ1) is 15.6. The number of nitrogens with one attached hydrogen (secondary N) is 1. The Morgan fingerprint density at radius 3 is 2.32 bits per heavy atom. The zero-order valence-electron chi connectivity index (χ0n) is 20.5. The lowest BCUT2D eigenvalue weighted by Crippen LogP contribution is -2.33. The van der Waals surface area contributed by atoms with Crippen LogP contribution < -0.4 is 5.32 Å². The molecular formula is C23H33ClN6O3S. The maximum atomic E-state index is 13.4. The van der Waals surface area contributed by atoms with Crippen LogP contribution in [0.2, 0.25) is 0 Å². The average Bonchev–Trinajstić information content (AvgIpc) is 3.17. The van der Waals surface area contributed by atoms with E-state index in [4.69, 9.17) is 0 Å². The van der Waals surface area contributed by atoms with Crippen LogP contribution in [0.5, 0.6) is 0 Å². The lowest BCUT2D eigenvalue weighted by Gasteiger charge is -2.20. The number of sulfone groups is 1. The minimum atomic E-state index is -3.83. The maximum Gasteiger partial charge on any atom is 0.222 e. The van der Waals surface area contributed by atoms with Crippen LogP contribution in [-0.4, -0.2) is 80.0 Å². The molecule has 3 aromatic rings. The van der Waals surface area contributed by atoms with Gasteiger partial charge in [0.25, 0.3) is 0 Å². The molecule has 0 spiro atoms. The van der Waals surface area contributed by atoms with Gasteiger partial charge in [0, 0.05) is 45.0 Å². The van der Waals surface area contributed by atoms with Gasteiger partial charge in [-0.3, -0.25) is 4.79 Å². The maximum absolute atomic E-state index is 13.4. The van der Waals surface area contributed by atoms with Crippen molar-refractivity contribution in [1.82, 2.24) is 24.4 Å². The standard InChI is InChI=1S/C23H32N6O3S.ClH/c1-16-19(12-13-20(30)28(6)15-14-27(4)5)17(2)29-23(25-16)21(22(24-3)26-29)33(31,32)18-10-8-7-9-11-18;/h7-11H,12-15H2,1-6H3,(H,24,26);1H. The van der Waals surface area contributed by atoms with Gasteiger partial charge in [-0.15, -0.1) is 17.5 Å². The van der Waals surface area contributed by atoms with E-state index in [2.05, 4.69) is 15.4 Å². The minimum absolute atomic E-state index is 0. The molecule has 1 amide bonds. The molecule has 2 aromatic heterocycles. The van der Waals surface area contributed by atoms with E-state index in [0.29, 0.717) is 25.1 Å². The molecule has 0 aliphatic heterocycles. The van der Waals surface area contributed by atoms with Gasteiger partial charge in [0.2, 0.25) is 15.7 Å². The molecule has 0 radical (unpaired) electrons. The Morgan fingerprint density at radius 2 is 1.74 bits per heavy atom. The molecule has 1 N–H and O–H groups in total. The van der Waals surface area contributed by atoms with E-state index < -0.39 is 9.84 Å². The molecule has 1 aromatic carbocycles. The summed E-state index contributed by atoms with van der Waals surface area (Å²) in [6, 6.07) is 8.26. The number of aromatic nitrogens is 3. The van der Waals surface area contributed by atoms with Crippen molar-refractivity contribution in [2.75, 3.05) is 46.6 Å². The zero-order valence-corrected chi connectivity index (χ0v) is 22.1. The summed E-state index contributed by atoms with van der Waals surface area (Å²) in [6.45, 7) is 5.18. The van der Waals surface area contributed by atoms with Crippen LogP contribution in [0.1, 0.15) is 23.4 Å². The smallest absolute Gasteiger partial charge is 0.222 e. The third-order valence-corrected chi connectivity index (χ3v) is 7.55. The summed E-state index contributed by atoms with van der Waals surface area (Å²) in [4.78, 5) is 21.2. The zero-order chi connectivity index (χ0) is 24.3. The Kier molecular flexibility index (Phi) is 9.04. The highest BCUT2D eigenvalue weighted by atomic mass is 35.5. The number of likely N-dealkylation sites (N-methyl/N-ethyl adjacent to an activating group) is 2. The summed E-state index contributed by atoms with van der Waals surface area (Å²) >= 11 is 0. The van der Waals surface area contributed by atoms with Gasteiger partial charge in [-0.25, -0.2) is 17.9 Å². The quantitative estimate of drug-likeness (QED) is 0.474. The predicted molar refractivity (Wildman–Crippen MR) is 136 cm³/mol. The normalized spacial score (nSPS) is 11.5. The van der Waals surface area contributed by atoms with Gasteiger partial charge in [0.05, 0.1) is 4.90 Å². The second-order valence-electron chi connectivity index (χ2n) is 8.36. The van der Waals surface area contributed by atoms with Crippen molar-refractivity contribution >= 4 is 39.6 Å². The molecule has 11 heteroatoms. The van der Waals surface area contributed by atoms with Gasteiger partial charge in [0.15, 0.2) is 16.4 Å². The molecule has 0 aliphatic rings. The topological polar surface area (TPSA) is 99.9 Å². The lowest BCUT2D eigenvalue weighted by molar-refractivity contribution is -0.130.